The van der Waals surface area contributed by atoms with Crippen LogP contribution in [0.5, 0.6) is 0 Å². The van der Waals surface area contributed by atoms with Crippen molar-refractivity contribution in [1.82, 2.24) is 5.32 Å². The second-order valence-electron chi connectivity index (χ2n) is 4.30. The smallest absolute Gasteiger partial charge is 0.195 e. The molecule has 0 aliphatic rings. The molecule has 20 heavy (non-hydrogen) atoms. The van der Waals surface area contributed by atoms with Crippen LogP contribution in [-0.4, -0.2) is 6.54 Å². The van der Waals surface area contributed by atoms with Gasteiger partial charge < -0.3 is 5.32 Å². The molecule has 0 atom stereocenters. The molecule has 0 aliphatic heterocycles. The lowest BCUT2D eigenvalue weighted by molar-refractivity contribution is 0.449. The number of halogens is 4. The van der Waals surface area contributed by atoms with Crippen LogP contribution in [-0.2, 0) is 6.54 Å². The van der Waals surface area contributed by atoms with E-state index in [2.05, 4.69) is 5.32 Å². The van der Waals surface area contributed by atoms with Crippen LogP contribution in [0.1, 0.15) is 12.5 Å². The van der Waals surface area contributed by atoms with Crippen LogP contribution in [0.4, 0.5) is 17.6 Å². The van der Waals surface area contributed by atoms with Gasteiger partial charge in [-0.25, -0.2) is 17.6 Å². The van der Waals surface area contributed by atoms with Crippen LogP contribution in [0, 0.1) is 23.3 Å². The minimum Gasteiger partial charge on any atom is -0.313 e. The Hall–Kier alpha value is -1.88. The molecule has 2 aromatic carbocycles. The predicted molar refractivity (Wildman–Crippen MR) is 69.1 cm³/mol. The highest BCUT2D eigenvalue weighted by Crippen LogP contribution is 2.29. The fourth-order valence-electron chi connectivity index (χ4n) is 1.95. The van der Waals surface area contributed by atoms with E-state index in [0.717, 1.165) is 18.2 Å². The number of hydrogen-bond donors (Lipinski definition) is 1. The Labute approximate surface area is 114 Å². The number of nitrogens with one attached hydrogen (secondary N) is 1. The molecule has 0 bridgehead atoms. The van der Waals surface area contributed by atoms with Gasteiger partial charge in [-0.05, 0) is 41.9 Å². The van der Waals surface area contributed by atoms with Crippen LogP contribution < -0.4 is 5.32 Å². The monoisotopic (exact) mass is 283 g/mol. The summed E-state index contributed by atoms with van der Waals surface area (Å²) in [6, 6.07) is 5.79. The fraction of sp³-hybridized carbons (Fsp3) is 0.200. The summed E-state index contributed by atoms with van der Waals surface area (Å²) in [5.74, 6) is -4.70. The molecule has 0 heterocycles. The second kappa shape index (κ2) is 6.05. The van der Waals surface area contributed by atoms with Crippen molar-refractivity contribution in [2.24, 2.45) is 0 Å². The summed E-state index contributed by atoms with van der Waals surface area (Å²) < 4.78 is 53.4. The third-order valence-electron chi connectivity index (χ3n) is 2.96. The highest BCUT2D eigenvalue weighted by Gasteiger charge is 2.17. The lowest BCUT2D eigenvalue weighted by Gasteiger charge is -2.12. The molecule has 0 radical (unpaired) electrons. The molecule has 0 aliphatic carbocycles. The zero-order chi connectivity index (χ0) is 14.7. The lowest BCUT2D eigenvalue weighted by Crippen LogP contribution is -2.13. The molecule has 1 nitrogen and oxygen atoms in total. The molecule has 2 aromatic rings. The lowest BCUT2D eigenvalue weighted by atomic mass is 9.98. The number of rotatable bonds is 4. The van der Waals surface area contributed by atoms with Crippen molar-refractivity contribution >= 4 is 0 Å². The molecule has 0 spiro atoms. The Morgan fingerprint density at radius 1 is 0.900 bits per heavy atom. The quantitative estimate of drug-likeness (QED) is 0.660. The number of hydrogen-bond acceptors (Lipinski definition) is 1. The van der Waals surface area contributed by atoms with E-state index in [1.165, 1.54) is 12.1 Å². The standard InChI is InChI=1S/C15H13F4N/c1-2-20-8-9-3-4-10(16)7-12(9)11-5-6-13(17)15(19)14(11)18/h3-7,20H,2,8H2,1H3. The molecular formula is C15H13F4N. The van der Waals surface area contributed by atoms with Gasteiger partial charge >= 0.3 is 0 Å². The van der Waals surface area contributed by atoms with Crippen LogP contribution in [0.25, 0.3) is 11.1 Å². The van der Waals surface area contributed by atoms with Crippen molar-refractivity contribution in [1.29, 1.82) is 0 Å². The molecule has 0 amide bonds. The van der Waals surface area contributed by atoms with Crippen LogP contribution in [0.2, 0.25) is 0 Å². The van der Waals surface area contributed by atoms with E-state index in [1.54, 1.807) is 0 Å². The second-order valence-corrected chi connectivity index (χ2v) is 4.30. The van der Waals surface area contributed by atoms with Gasteiger partial charge in [-0.1, -0.05) is 13.0 Å². The first-order valence-corrected chi connectivity index (χ1v) is 6.17. The highest BCUT2D eigenvalue weighted by atomic mass is 19.2. The van der Waals surface area contributed by atoms with Gasteiger partial charge in [0.1, 0.15) is 5.82 Å². The topological polar surface area (TPSA) is 12.0 Å². The minimum atomic E-state index is -1.55. The van der Waals surface area contributed by atoms with Crippen molar-refractivity contribution in [2.45, 2.75) is 13.5 Å². The summed E-state index contributed by atoms with van der Waals surface area (Å²) in [5.41, 5.74) is 0.664. The maximum absolute atomic E-state index is 13.8. The van der Waals surface area contributed by atoms with Crippen molar-refractivity contribution < 1.29 is 17.6 Å². The van der Waals surface area contributed by atoms with E-state index in [0.29, 0.717) is 18.7 Å². The minimum absolute atomic E-state index is 0.156. The van der Waals surface area contributed by atoms with Gasteiger partial charge in [0.2, 0.25) is 0 Å². The van der Waals surface area contributed by atoms with Crippen molar-refractivity contribution in [3.05, 3.63) is 59.2 Å². The van der Waals surface area contributed by atoms with Gasteiger partial charge in [0.25, 0.3) is 0 Å². The highest BCUT2D eigenvalue weighted by molar-refractivity contribution is 5.68. The molecular weight excluding hydrogens is 270 g/mol. The van der Waals surface area contributed by atoms with Crippen molar-refractivity contribution in [3.8, 4) is 11.1 Å². The molecule has 0 unspecified atom stereocenters. The molecule has 5 heteroatoms. The summed E-state index contributed by atoms with van der Waals surface area (Å²) in [5, 5.41) is 3.03. The van der Waals surface area contributed by atoms with E-state index < -0.39 is 23.3 Å². The Morgan fingerprint density at radius 2 is 1.65 bits per heavy atom. The van der Waals surface area contributed by atoms with E-state index in [4.69, 9.17) is 0 Å². The van der Waals surface area contributed by atoms with Crippen molar-refractivity contribution in [2.75, 3.05) is 6.54 Å². The summed E-state index contributed by atoms with van der Waals surface area (Å²) in [6.45, 7) is 2.95. The van der Waals surface area contributed by atoms with E-state index in [-0.39, 0.29) is 11.1 Å². The normalized spacial score (nSPS) is 10.8. The van der Waals surface area contributed by atoms with Crippen LogP contribution in [0.15, 0.2) is 30.3 Å². The SMILES string of the molecule is CCNCc1ccc(F)cc1-c1ccc(F)c(F)c1F. The molecule has 1 N–H and O–H groups in total. The van der Waals surface area contributed by atoms with Gasteiger partial charge in [-0.2, -0.15) is 0 Å². The summed E-state index contributed by atoms with van der Waals surface area (Å²) >= 11 is 0. The summed E-state index contributed by atoms with van der Waals surface area (Å²) in [4.78, 5) is 0. The molecule has 106 valence electrons. The summed E-state index contributed by atoms with van der Waals surface area (Å²) in [7, 11) is 0. The van der Waals surface area contributed by atoms with E-state index in [9.17, 15) is 17.6 Å². The maximum Gasteiger partial charge on any atom is 0.195 e. The molecule has 0 fully saturated rings. The first kappa shape index (κ1) is 14.5. The number of benzene rings is 2. The van der Waals surface area contributed by atoms with Gasteiger partial charge in [0.05, 0.1) is 0 Å². The third-order valence-corrected chi connectivity index (χ3v) is 2.96. The van der Waals surface area contributed by atoms with Crippen molar-refractivity contribution in [3.63, 3.8) is 0 Å². The Morgan fingerprint density at radius 3 is 2.35 bits per heavy atom. The zero-order valence-corrected chi connectivity index (χ0v) is 10.8. The Kier molecular flexibility index (Phi) is 4.39. The fourth-order valence-corrected chi connectivity index (χ4v) is 1.95. The summed E-state index contributed by atoms with van der Waals surface area (Å²) in [6.07, 6.45) is 0. The zero-order valence-electron chi connectivity index (χ0n) is 10.8. The van der Waals surface area contributed by atoms with Crippen LogP contribution >= 0.6 is 0 Å². The van der Waals surface area contributed by atoms with Crippen LogP contribution in [0.3, 0.4) is 0 Å². The maximum atomic E-state index is 13.8. The molecule has 0 saturated heterocycles. The molecule has 0 saturated carbocycles. The molecule has 0 aromatic heterocycles. The van der Waals surface area contributed by atoms with E-state index in [1.807, 2.05) is 6.92 Å². The van der Waals surface area contributed by atoms with Gasteiger partial charge in [-0.15, -0.1) is 0 Å². The van der Waals surface area contributed by atoms with Gasteiger partial charge in [-0.3, -0.25) is 0 Å². The Balaban J connectivity index is 2.56. The first-order chi connectivity index (χ1) is 9.54. The molecule has 2 rings (SSSR count). The van der Waals surface area contributed by atoms with Gasteiger partial charge in [0, 0.05) is 12.1 Å². The third kappa shape index (κ3) is 2.82. The predicted octanol–water partition coefficient (Wildman–Crippen LogP) is 4.02. The largest absolute Gasteiger partial charge is 0.313 e. The average molecular weight is 283 g/mol. The first-order valence-electron chi connectivity index (χ1n) is 6.17. The van der Waals surface area contributed by atoms with Gasteiger partial charge in [0.15, 0.2) is 17.5 Å². The Bertz CT molecular complexity index is 626. The van der Waals surface area contributed by atoms with E-state index >= 15 is 0 Å². The average Bonchev–Trinajstić information content (AvgIpc) is 2.44.